The fraction of sp³-hybridized carbons (Fsp3) is 0.316. The number of benzene rings is 1. The van der Waals surface area contributed by atoms with Crippen LogP contribution in [0, 0.1) is 11.3 Å². The van der Waals surface area contributed by atoms with Crippen molar-refractivity contribution in [2.75, 3.05) is 18.8 Å². The van der Waals surface area contributed by atoms with Gasteiger partial charge in [-0.05, 0) is 24.0 Å². The number of nitrogen functional groups attached to an aromatic ring is 1. The quantitative estimate of drug-likeness (QED) is 0.841. The highest BCUT2D eigenvalue weighted by Crippen LogP contribution is 2.44. The van der Waals surface area contributed by atoms with Crippen LogP contribution >= 0.6 is 11.3 Å². The third-order valence-electron chi connectivity index (χ3n) is 5.20. The van der Waals surface area contributed by atoms with E-state index in [0.29, 0.717) is 39.4 Å². The molecule has 0 saturated carbocycles. The van der Waals surface area contributed by atoms with Crippen molar-refractivity contribution in [1.82, 2.24) is 4.90 Å². The van der Waals surface area contributed by atoms with Crippen molar-refractivity contribution in [1.29, 1.82) is 5.26 Å². The average Bonchev–Trinajstić information content (AvgIpc) is 2.97. The molecule has 1 fully saturated rings. The summed E-state index contributed by atoms with van der Waals surface area (Å²) in [4.78, 5) is 27.9. The summed E-state index contributed by atoms with van der Waals surface area (Å²) >= 11 is 1.09. The first-order valence-corrected chi connectivity index (χ1v) is 9.19. The number of likely N-dealkylation sites (tertiary alicyclic amines) is 1. The Morgan fingerprint density at radius 2 is 2.04 bits per heavy atom. The first-order chi connectivity index (χ1) is 12.5. The highest BCUT2D eigenvalue weighted by Gasteiger charge is 2.47. The van der Waals surface area contributed by atoms with Crippen molar-refractivity contribution in [2.45, 2.75) is 24.4 Å². The zero-order chi connectivity index (χ0) is 18.5. The number of aliphatic hydroxyl groups excluding tert-OH is 1. The van der Waals surface area contributed by atoms with Gasteiger partial charge in [0.25, 0.3) is 5.91 Å². The minimum absolute atomic E-state index is 0.248. The van der Waals surface area contributed by atoms with Crippen LogP contribution in [0.15, 0.2) is 30.3 Å². The molecule has 2 heterocycles. The van der Waals surface area contributed by atoms with Crippen LogP contribution in [0.2, 0.25) is 0 Å². The minimum Gasteiger partial charge on any atom is -0.390 e. The van der Waals surface area contributed by atoms with Gasteiger partial charge in [-0.1, -0.05) is 30.3 Å². The van der Waals surface area contributed by atoms with Crippen molar-refractivity contribution in [3.05, 3.63) is 51.9 Å². The molecule has 1 aliphatic heterocycles. The lowest BCUT2D eigenvalue weighted by molar-refractivity contribution is 0.00591. The number of thiophene rings is 1. The number of Topliss-reactive ketones (excluding diaryl/α,β-unsaturated/α-hetero) is 1. The number of β-amino-alcohol motifs (C(OH)–C–C–N with tert-alkyl or cyclic N) is 1. The van der Waals surface area contributed by atoms with Gasteiger partial charge in [0.2, 0.25) is 0 Å². The lowest BCUT2D eigenvalue weighted by Gasteiger charge is -2.36. The molecular formula is C19H17N3O3S. The maximum absolute atomic E-state index is 13.2. The number of amides is 1. The Morgan fingerprint density at radius 3 is 2.65 bits per heavy atom. The second-order valence-corrected chi connectivity index (χ2v) is 7.78. The van der Waals surface area contributed by atoms with E-state index in [1.807, 2.05) is 18.2 Å². The van der Waals surface area contributed by atoms with Crippen molar-refractivity contribution in [3.8, 4) is 6.07 Å². The van der Waals surface area contributed by atoms with Crippen molar-refractivity contribution >= 4 is 28.0 Å². The first kappa shape index (κ1) is 16.8. The number of aliphatic hydroxyl groups is 1. The van der Waals surface area contributed by atoms with Gasteiger partial charge in [0, 0.05) is 13.1 Å². The number of rotatable bonds is 2. The van der Waals surface area contributed by atoms with Crippen LogP contribution in [0.4, 0.5) is 5.00 Å². The van der Waals surface area contributed by atoms with E-state index in [4.69, 9.17) is 5.73 Å². The largest absolute Gasteiger partial charge is 0.390 e. The maximum Gasteiger partial charge on any atom is 0.257 e. The van der Waals surface area contributed by atoms with E-state index in [2.05, 4.69) is 6.07 Å². The number of ketones is 1. The van der Waals surface area contributed by atoms with Crippen molar-refractivity contribution in [2.24, 2.45) is 0 Å². The topological polar surface area (TPSA) is 107 Å². The van der Waals surface area contributed by atoms with Gasteiger partial charge in [-0.3, -0.25) is 9.59 Å². The molecule has 0 bridgehead atoms. The van der Waals surface area contributed by atoms with Gasteiger partial charge in [-0.2, -0.15) is 5.26 Å². The van der Waals surface area contributed by atoms with Crippen LogP contribution in [0.1, 0.15) is 37.6 Å². The molecule has 2 aliphatic rings. The monoisotopic (exact) mass is 367 g/mol. The van der Waals surface area contributed by atoms with Gasteiger partial charge < -0.3 is 15.7 Å². The van der Waals surface area contributed by atoms with Gasteiger partial charge in [-0.25, -0.2) is 0 Å². The predicted octanol–water partition coefficient (Wildman–Crippen LogP) is 1.74. The molecule has 2 aromatic rings. The molecule has 1 aromatic heterocycles. The van der Waals surface area contributed by atoms with E-state index in [1.165, 1.54) is 4.90 Å². The summed E-state index contributed by atoms with van der Waals surface area (Å²) < 4.78 is 0. The third-order valence-corrected chi connectivity index (χ3v) is 6.26. The van der Waals surface area contributed by atoms with Crippen LogP contribution in [0.3, 0.4) is 0 Å². The fourth-order valence-corrected chi connectivity index (χ4v) is 4.84. The molecule has 1 aromatic carbocycles. The lowest BCUT2D eigenvalue weighted by atomic mass is 9.69. The Balaban J connectivity index is 1.76. The summed E-state index contributed by atoms with van der Waals surface area (Å²) in [5.74, 6) is -0.533. The molecule has 4 rings (SSSR count). The van der Waals surface area contributed by atoms with Crippen LogP contribution in [0.25, 0.3) is 0 Å². The van der Waals surface area contributed by atoms with Crippen LogP contribution < -0.4 is 5.73 Å². The SMILES string of the molecule is N#CC1(c2ccccc2)CCc2c(sc(N)c2C(=O)N2CC(O)C2)C1=O. The second-order valence-electron chi connectivity index (χ2n) is 6.73. The highest BCUT2D eigenvalue weighted by molar-refractivity contribution is 7.18. The number of hydrogen-bond donors (Lipinski definition) is 2. The molecule has 132 valence electrons. The normalized spacial score (nSPS) is 22.5. The van der Waals surface area contributed by atoms with E-state index in [-0.39, 0.29) is 24.8 Å². The summed E-state index contributed by atoms with van der Waals surface area (Å²) in [6.07, 6.45) is 0.258. The third kappa shape index (κ3) is 2.26. The Morgan fingerprint density at radius 1 is 1.35 bits per heavy atom. The van der Waals surface area contributed by atoms with Crippen LogP contribution in [0.5, 0.6) is 0 Å². The van der Waals surface area contributed by atoms with Gasteiger partial charge in [-0.15, -0.1) is 11.3 Å². The predicted molar refractivity (Wildman–Crippen MR) is 97.0 cm³/mol. The van der Waals surface area contributed by atoms with E-state index in [9.17, 15) is 20.0 Å². The zero-order valence-electron chi connectivity index (χ0n) is 13.9. The number of nitrogens with zero attached hydrogens (tertiary/aromatic N) is 2. The van der Waals surface area contributed by atoms with Gasteiger partial charge in [0.1, 0.15) is 5.41 Å². The number of anilines is 1. The summed E-state index contributed by atoms with van der Waals surface area (Å²) in [6, 6.07) is 11.3. The van der Waals surface area contributed by atoms with Crippen molar-refractivity contribution < 1.29 is 14.7 Å². The van der Waals surface area contributed by atoms with Crippen LogP contribution in [-0.2, 0) is 11.8 Å². The number of carbonyl (C=O) groups is 2. The number of nitriles is 1. The molecule has 1 atom stereocenters. The summed E-state index contributed by atoms with van der Waals surface area (Å²) in [7, 11) is 0. The molecule has 0 spiro atoms. The average molecular weight is 367 g/mol. The van der Waals surface area contributed by atoms with Gasteiger partial charge in [0.15, 0.2) is 5.78 Å². The number of nitrogens with two attached hydrogens (primary N) is 1. The molecule has 6 nitrogen and oxygen atoms in total. The minimum atomic E-state index is -1.24. The van der Waals surface area contributed by atoms with E-state index in [1.54, 1.807) is 12.1 Å². The molecule has 7 heteroatoms. The molecule has 1 aliphatic carbocycles. The molecule has 3 N–H and O–H groups in total. The Bertz CT molecular complexity index is 941. The molecular weight excluding hydrogens is 350 g/mol. The Kier molecular flexibility index (Phi) is 3.83. The standard InChI is InChI=1S/C19H17N3O3S/c20-10-19(11-4-2-1-3-5-11)7-6-13-14(17(21)26-15(13)16(19)24)18(25)22-8-12(23)9-22/h1-5,12,23H,6-9,21H2. The number of hydrogen-bond acceptors (Lipinski definition) is 6. The summed E-state index contributed by atoms with van der Waals surface area (Å²) in [5, 5.41) is 19.6. The molecule has 26 heavy (non-hydrogen) atoms. The second kappa shape index (κ2) is 5.94. The van der Waals surface area contributed by atoms with E-state index >= 15 is 0 Å². The number of fused-ring (bicyclic) bond motifs is 1. The molecule has 1 amide bonds. The zero-order valence-corrected chi connectivity index (χ0v) is 14.8. The summed E-state index contributed by atoms with van der Waals surface area (Å²) in [6.45, 7) is 0.561. The number of carbonyl (C=O) groups excluding carboxylic acids is 2. The van der Waals surface area contributed by atoms with Crippen molar-refractivity contribution in [3.63, 3.8) is 0 Å². The molecule has 1 unspecified atom stereocenters. The maximum atomic E-state index is 13.2. The first-order valence-electron chi connectivity index (χ1n) is 8.38. The van der Waals surface area contributed by atoms with Gasteiger partial charge >= 0.3 is 0 Å². The molecule has 1 saturated heterocycles. The Hall–Kier alpha value is -2.69. The molecule has 0 radical (unpaired) electrons. The highest BCUT2D eigenvalue weighted by atomic mass is 32.1. The Labute approximate surface area is 154 Å². The summed E-state index contributed by atoms with van der Waals surface area (Å²) in [5.41, 5.74) is 6.52. The fourth-order valence-electron chi connectivity index (χ4n) is 3.71. The van der Waals surface area contributed by atoms with E-state index < -0.39 is 11.5 Å². The van der Waals surface area contributed by atoms with Crippen LogP contribution in [-0.4, -0.2) is 40.9 Å². The lowest BCUT2D eigenvalue weighted by Crippen LogP contribution is -2.53. The van der Waals surface area contributed by atoms with E-state index in [0.717, 1.165) is 11.3 Å². The smallest absolute Gasteiger partial charge is 0.257 e. The van der Waals surface area contributed by atoms with Gasteiger partial charge in [0.05, 0.1) is 27.6 Å².